The van der Waals surface area contributed by atoms with E-state index < -0.39 is 5.41 Å². The van der Waals surface area contributed by atoms with Crippen LogP contribution in [0, 0.1) is 0 Å². The summed E-state index contributed by atoms with van der Waals surface area (Å²) < 4.78 is 2.44. The van der Waals surface area contributed by atoms with Crippen LogP contribution in [0.5, 0.6) is 0 Å². The molecule has 0 unspecified atom stereocenters. The molecule has 0 fully saturated rings. The van der Waals surface area contributed by atoms with Crippen LogP contribution in [0.4, 0.5) is 0 Å². The number of para-hydroxylation sites is 1. The van der Waals surface area contributed by atoms with E-state index in [9.17, 15) is 0 Å². The van der Waals surface area contributed by atoms with Crippen LogP contribution < -0.4 is 0 Å². The van der Waals surface area contributed by atoms with Gasteiger partial charge in [0.1, 0.15) is 0 Å². The molecule has 12 aromatic rings. The van der Waals surface area contributed by atoms with Crippen molar-refractivity contribution >= 4 is 43.4 Å². The predicted molar refractivity (Wildman–Crippen MR) is 264 cm³/mol. The van der Waals surface area contributed by atoms with Crippen molar-refractivity contribution in [2.24, 2.45) is 0 Å². The topological polar surface area (TPSA) is 30.7 Å². The summed E-state index contributed by atoms with van der Waals surface area (Å²) >= 11 is 0. The Morgan fingerprint density at radius 3 is 1.59 bits per heavy atom. The Labute approximate surface area is 370 Å². The van der Waals surface area contributed by atoms with Gasteiger partial charge in [-0.3, -0.25) is 0 Å². The third-order valence-electron chi connectivity index (χ3n) is 14.0. The number of fused-ring (bicyclic) bond motifs is 15. The van der Waals surface area contributed by atoms with Gasteiger partial charge in [-0.1, -0.05) is 188 Å². The molecule has 10 aromatic carbocycles. The van der Waals surface area contributed by atoms with Crippen LogP contribution in [-0.2, 0) is 5.41 Å². The summed E-state index contributed by atoms with van der Waals surface area (Å²) in [6.07, 6.45) is 0. The molecule has 64 heavy (non-hydrogen) atoms. The standard InChI is InChI=1S/C61H37N3/c1-2-16-38(17-3-1)55-37-56(41-32-33-46-45-22-8-12-29-53(45)61(54(46)35-41)51-27-10-6-20-43(51)44-21-7-11-28-52(44)61)63-60(62-55)49-26-14-25-47-42(49)24-15-31-58(47)64-57-30-13-9-23-48(57)50-34-39-18-4-5-19-40(39)36-59(50)64/h1-37H. The molecule has 2 aromatic heterocycles. The van der Waals surface area contributed by atoms with Crippen LogP contribution in [0.1, 0.15) is 22.3 Å². The van der Waals surface area contributed by atoms with E-state index in [1.807, 2.05) is 0 Å². The molecule has 2 aliphatic rings. The first kappa shape index (κ1) is 35.2. The number of benzene rings is 10. The minimum atomic E-state index is -0.446. The monoisotopic (exact) mass is 811 g/mol. The molecule has 0 atom stereocenters. The van der Waals surface area contributed by atoms with E-state index >= 15 is 0 Å². The molecule has 0 N–H and O–H groups in total. The average molecular weight is 812 g/mol. The number of nitrogens with zero attached hydrogens (tertiary/aromatic N) is 3. The lowest BCUT2D eigenvalue weighted by atomic mass is 9.70. The molecular formula is C61H37N3. The summed E-state index contributed by atoms with van der Waals surface area (Å²) in [4.78, 5) is 10.9. The zero-order valence-corrected chi connectivity index (χ0v) is 34.7. The molecule has 14 rings (SSSR count). The third-order valence-corrected chi connectivity index (χ3v) is 14.0. The summed E-state index contributed by atoms with van der Waals surface area (Å²) in [6, 6.07) is 82.0. The molecule has 0 saturated carbocycles. The first-order chi connectivity index (χ1) is 31.7. The maximum Gasteiger partial charge on any atom is 0.161 e. The second-order valence-corrected chi connectivity index (χ2v) is 17.2. The van der Waals surface area contributed by atoms with Crippen molar-refractivity contribution in [2.45, 2.75) is 5.41 Å². The van der Waals surface area contributed by atoms with Gasteiger partial charge in [0.15, 0.2) is 5.82 Å². The summed E-state index contributed by atoms with van der Waals surface area (Å²) in [7, 11) is 0. The molecule has 0 saturated heterocycles. The Hall–Kier alpha value is -8.40. The normalized spacial score (nSPS) is 13.1. The largest absolute Gasteiger partial charge is 0.309 e. The SMILES string of the molecule is c1ccc(-c2cc(-c3ccc4c(c3)C3(c5ccccc5-c5ccccc53)c3ccccc3-4)nc(-c3cccc4c(-n5c6ccccc6c6cc7ccccc7cc65)cccc34)n2)cc1. The summed E-state index contributed by atoms with van der Waals surface area (Å²) in [5, 5.41) is 7.19. The van der Waals surface area contributed by atoms with Crippen molar-refractivity contribution in [2.75, 3.05) is 0 Å². The molecule has 2 aliphatic carbocycles. The fourth-order valence-electron chi connectivity index (χ4n) is 11.3. The van der Waals surface area contributed by atoms with Gasteiger partial charge in [-0.05, 0) is 97.1 Å². The zero-order valence-electron chi connectivity index (χ0n) is 34.7. The first-order valence-corrected chi connectivity index (χ1v) is 22.1. The number of aromatic nitrogens is 3. The van der Waals surface area contributed by atoms with Crippen molar-refractivity contribution in [3.8, 4) is 61.8 Å². The van der Waals surface area contributed by atoms with Gasteiger partial charge in [-0.25, -0.2) is 9.97 Å². The van der Waals surface area contributed by atoms with Crippen LogP contribution in [-0.4, -0.2) is 14.5 Å². The van der Waals surface area contributed by atoms with E-state index in [1.54, 1.807) is 0 Å². The lowest BCUT2D eigenvalue weighted by molar-refractivity contribution is 0.794. The molecule has 0 aliphatic heterocycles. The number of hydrogen-bond donors (Lipinski definition) is 0. The lowest BCUT2D eigenvalue weighted by Gasteiger charge is -2.30. The van der Waals surface area contributed by atoms with Gasteiger partial charge in [0.25, 0.3) is 0 Å². The van der Waals surface area contributed by atoms with Gasteiger partial charge >= 0.3 is 0 Å². The number of rotatable bonds is 4. The summed E-state index contributed by atoms with van der Waals surface area (Å²) in [5.41, 5.74) is 18.4. The van der Waals surface area contributed by atoms with Crippen molar-refractivity contribution < 1.29 is 0 Å². The highest BCUT2D eigenvalue weighted by atomic mass is 15.0. The Morgan fingerprint density at radius 2 is 0.859 bits per heavy atom. The lowest BCUT2D eigenvalue weighted by Crippen LogP contribution is -2.25. The van der Waals surface area contributed by atoms with Crippen LogP contribution in [0.25, 0.3) is 105 Å². The predicted octanol–water partition coefficient (Wildman–Crippen LogP) is 15.2. The highest BCUT2D eigenvalue weighted by Gasteiger charge is 2.51. The van der Waals surface area contributed by atoms with E-state index in [0.717, 1.165) is 44.5 Å². The van der Waals surface area contributed by atoms with E-state index in [2.05, 4.69) is 229 Å². The van der Waals surface area contributed by atoms with Gasteiger partial charge in [0, 0.05) is 32.8 Å². The van der Waals surface area contributed by atoms with Crippen molar-refractivity contribution in [3.05, 3.63) is 247 Å². The minimum Gasteiger partial charge on any atom is -0.309 e. The molecule has 296 valence electrons. The molecule has 3 heteroatoms. The zero-order chi connectivity index (χ0) is 41.9. The quantitative estimate of drug-likeness (QED) is 0.177. The van der Waals surface area contributed by atoms with Gasteiger partial charge < -0.3 is 4.57 Å². The van der Waals surface area contributed by atoms with Gasteiger partial charge in [-0.2, -0.15) is 0 Å². The second kappa shape index (κ2) is 13.3. The van der Waals surface area contributed by atoms with E-state index in [4.69, 9.17) is 9.97 Å². The Bertz CT molecular complexity index is 3850. The smallest absolute Gasteiger partial charge is 0.161 e. The van der Waals surface area contributed by atoms with Gasteiger partial charge in [0.2, 0.25) is 0 Å². The van der Waals surface area contributed by atoms with Crippen LogP contribution in [0.3, 0.4) is 0 Å². The number of hydrogen-bond acceptors (Lipinski definition) is 2. The van der Waals surface area contributed by atoms with E-state index in [-0.39, 0.29) is 0 Å². The molecular weight excluding hydrogens is 775 g/mol. The van der Waals surface area contributed by atoms with E-state index in [1.165, 1.54) is 77.1 Å². The Kier molecular flexibility index (Phi) is 7.32. The van der Waals surface area contributed by atoms with Crippen LogP contribution in [0.2, 0.25) is 0 Å². The Balaban J connectivity index is 0.995. The highest BCUT2D eigenvalue weighted by molar-refractivity contribution is 6.15. The molecule has 0 bridgehead atoms. The summed E-state index contributed by atoms with van der Waals surface area (Å²) in [5.74, 6) is 0.697. The van der Waals surface area contributed by atoms with Crippen LogP contribution in [0.15, 0.2) is 224 Å². The van der Waals surface area contributed by atoms with Crippen LogP contribution >= 0.6 is 0 Å². The molecule has 3 nitrogen and oxygen atoms in total. The fourth-order valence-corrected chi connectivity index (χ4v) is 11.3. The molecule has 0 radical (unpaired) electrons. The van der Waals surface area contributed by atoms with E-state index in [0.29, 0.717) is 5.82 Å². The minimum absolute atomic E-state index is 0.446. The maximum atomic E-state index is 5.54. The highest BCUT2D eigenvalue weighted by Crippen LogP contribution is 2.63. The summed E-state index contributed by atoms with van der Waals surface area (Å²) in [6.45, 7) is 0. The van der Waals surface area contributed by atoms with Gasteiger partial charge in [-0.15, -0.1) is 0 Å². The Morgan fingerprint density at radius 1 is 0.312 bits per heavy atom. The molecule has 0 amide bonds. The fraction of sp³-hybridized carbons (Fsp3) is 0.0164. The van der Waals surface area contributed by atoms with Crippen molar-refractivity contribution in [3.63, 3.8) is 0 Å². The maximum absolute atomic E-state index is 5.54. The average Bonchev–Trinajstić information content (AvgIpc) is 3.96. The molecule has 1 spiro atoms. The first-order valence-electron chi connectivity index (χ1n) is 22.1. The molecule has 2 heterocycles. The van der Waals surface area contributed by atoms with Gasteiger partial charge in [0.05, 0.1) is 33.5 Å². The van der Waals surface area contributed by atoms with Crippen molar-refractivity contribution in [1.82, 2.24) is 14.5 Å². The second-order valence-electron chi connectivity index (χ2n) is 17.2. The van der Waals surface area contributed by atoms with Crippen molar-refractivity contribution in [1.29, 1.82) is 0 Å². The third kappa shape index (κ3) is 4.81.